The van der Waals surface area contributed by atoms with E-state index in [1.165, 1.54) is 12.3 Å². The van der Waals surface area contributed by atoms with Crippen LogP contribution in [-0.4, -0.2) is 52.8 Å². The zero-order chi connectivity index (χ0) is 14.5. The molecule has 1 aliphatic heterocycles. The van der Waals surface area contributed by atoms with E-state index in [0.29, 0.717) is 44.3 Å². The third-order valence-electron chi connectivity index (χ3n) is 3.20. The van der Waals surface area contributed by atoms with Crippen molar-refractivity contribution in [2.24, 2.45) is 0 Å². The van der Waals surface area contributed by atoms with Crippen LogP contribution >= 0.6 is 11.6 Å². The first kappa shape index (κ1) is 14.5. The number of anilines is 1. The Morgan fingerprint density at radius 3 is 2.70 bits per heavy atom. The van der Waals surface area contributed by atoms with Crippen LogP contribution in [0.2, 0.25) is 0 Å². The number of halogens is 1. The van der Waals surface area contributed by atoms with Gasteiger partial charge in [0.1, 0.15) is 0 Å². The summed E-state index contributed by atoms with van der Waals surface area (Å²) in [4.78, 5) is 29.9. The SMILES string of the molecule is O=C(CCCl)N1CCN(c2ncccc2[N+](=O)[O-])CC1. The minimum absolute atomic E-state index is 0.00645. The van der Waals surface area contributed by atoms with E-state index in [2.05, 4.69) is 4.98 Å². The highest BCUT2D eigenvalue weighted by Gasteiger charge is 2.26. The predicted molar refractivity (Wildman–Crippen MR) is 75.0 cm³/mol. The maximum Gasteiger partial charge on any atom is 0.311 e. The van der Waals surface area contributed by atoms with Crippen molar-refractivity contribution < 1.29 is 9.72 Å². The van der Waals surface area contributed by atoms with Gasteiger partial charge in [-0.25, -0.2) is 4.98 Å². The third-order valence-corrected chi connectivity index (χ3v) is 3.39. The van der Waals surface area contributed by atoms with E-state index in [4.69, 9.17) is 11.6 Å². The normalized spacial score (nSPS) is 15.2. The zero-order valence-electron chi connectivity index (χ0n) is 10.9. The summed E-state index contributed by atoms with van der Waals surface area (Å²) in [6.07, 6.45) is 1.86. The Hall–Kier alpha value is -1.89. The molecule has 1 fully saturated rings. The van der Waals surface area contributed by atoms with Gasteiger partial charge in [-0.3, -0.25) is 14.9 Å². The van der Waals surface area contributed by atoms with Crippen molar-refractivity contribution >= 4 is 29.0 Å². The number of piperazine rings is 1. The van der Waals surface area contributed by atoms with Gasteiger partial charge in [-0.15, -0.1) is 11.6 Å². The van der Waals surface area contributed by atoms with Crippen LogP contribution in [0.3, 0.4) is 0 Å². The molecule has 20 heavy (non-hydrogen) atoms. The molecule has 0 unspecified atom stereocenters. The van der Waals surface area contributed by atoms with Gasteiger partial charge in [-0.2, -0.15) is 0 Å². The first-order valence-electron chi connectivity index (χ1n) is 6.31. The van der Waals surface area contributed by atoms with Gasteiger partial charge in [0.25, 0.3) is 0 Å². The quantitative estimate of drug-likeness (QED) is 0.475. The minimum atomic E-state index is -0.437. The molecule has 0 bridgehead atoms. The third kappa shape index (κ3) is 3.16. The van der Waals surface area contributed by atoms with Crippen LogP contribution in [0.25, 0.3) is 0 Å². The average Bonchev–Trinajstić information content (AvgIpc) is 2.47. The summed E-state index contributed by atoms with van der Waals surface area (Å²) in [7, 11) is 0. The van der Waals surface area contributed by atoms with E-state index in [1.807, 2.05) is 4.90 Å². The second kappa shape index (κ2) is 6.51. The average molecular weight is 299 g/mol. The number of aromatic nitrogens is 1. The van der Waals surface area contributed by atoms with Gasteiger partial charge in [-0.1, -0.05) is 0 Å². The van der Waals surface area contributed by atoms with Crippen molar-refractivity contribution in [1.82, 2.24) is 9.88 Å². The fraction of sp³-hybridized carbons (Fsp3) is 0.500. The molecule has 0 aliphatic carbocycles. The molecule has 1 amide bonds. The van der Waals surface area contributed by atoms with Gasteiger partial charge in [0.2, 0.25) is 11.7 Å². The van der Waals surface area contributed by atoms with Gasteiger partial charge >= 0.3 is 5.69 Å². The summed E-state index contributed by atoms with van der Waals surface area (Å²) in [5.74, 6) is 0.696. The topological polar surface area (TPSA) is 79.6 Å². The number of nitro groups is 1. The molecule has 1 saturated heterocycles. The van der Waals surface area contributed by atoms with Gasteiger partial charge in [0.05, 0.1) is 4.92 Å². The van der Waals surface area contributed by atoms with Crippen molar-refractivity contribution in [3.05, 3.63) is 28.4 Å². The Balaban J connectivity index is 2.04. The molecule has 7 nitrogen and oxygen atoms in total. The van der Waals surface area contributed by atoms with Crippen LogP contribution in [0.5, 0.6) is 0 Å². The minimum Gasteiger partial charge on any atom is -0.347 e. The second-order valence-electron chi connectivity index (χ2n) is 4.41. The fourth-order valence-corrected chi connectivity index (χ4v) is 2.34. The number of carbonyl (C=O) groups is 1. The van der Waals surface area contributed by atoms with Crippen molar-refractivity contribution in [3.8, 4) is 0 Å². The van der Waals surface area contributed by atoms with E-state index in [-0.39, 0.29) is 11.6 Å². The van der Waals surface area contributed by atoms with Crippen LogP contribution < -0.4 is 4.90 Å². The first-order valence-corrected chi connectivity index (χ1v) is 6.85. The number of rotatable bonds is 4. The number of alkyl halides is 1. The Morgan fingerprint density at radius 1 is 1.40 bits per heavy atom. The molecule has 0 spiro atoms. The maximum atomic E-state index is 11.7. The van der Waals surface area contributed by atoms with Crippen molar-refractivity contribution in [2.75, 3.05) is 37.0 Å². The Kier molecular flexibility index (Phi) is 4.73. The van der Waals surface area contributed by atoms with Crippen LogP contribution in [0.15, 0.2) is 18.3 Å². The molecular formula is C12H15ClN4O3. The lowest BCUT2D eigenvalue weighted by Gasteiger charge is -2.35. The number of pyridine rings is 1. The number of hydrogen-bond acceptors (Lipinski definition) is 5. The molecule has 1 aliphatic rings. The highest BCUT2D eigenvalue weighted by Crippen LogP contribution is 2.25. The highest BCUT2D eigenvalue weighted by molar-refractivity contribution is 6.18. The van der Waals surface area contributed by atoms with Crippen LogP contribution in [0.4, 0.5) is 11.5 Å². The standard InChI is InChI=1S/C12H15ClN4O3/c13-4-3-11(18)15-6-8-16(9-7-15)12-10(17(19)20)2-1-5-14-12/h1-2,5H,3-4,6-9H2. The zero-order valence-corrected chi connectivity index (χ0v) is 11.6. The predicted octanol–water partition coefficient (Wildman–Crippen LogP) is 1.27. The summed E-state index contributed by atoms with van der Waals surface area (Å²) < 4.78 is 0. The molecule has 1 aromatic rings. The lowest BCUT2D eigenvalue weighted by atomic mass is 10.2. The largest absolute Gasteiger partial charge is 0.347 e. The van der Waals surface area contributed by atoms with E-state index in [0.717, 1.165) is 0 Å². The smallest absolute Gasteiger partial charge is 0.311 e. The van der Waals surface area contributed by atoms with Gasteiger partial charge in [0.15, 0.2) is 0 Å². The van der Waals surface area contributed by atoms with E-state index < -0.39 is 4.92 Å². The molecule has 2 rings (SSSR count). The molecule has 0 saturated carbocycles. The summed E-state index contributed by atoms with van der Waals surface area (Å²) in [6.45, 7) is 2.13. The van der Waals surface area contributed by atoms with E-state index >= 15 is 0 Å². The number of hydrogen-bond donors (Lipinski definition) is 0. The maximum absolute atomic E-state index is 11.7. The summed E-state index contributed by atoms with van der Waals surface area (Å²) >= 11 is 5.55. The fourth-order valence-electron chi connectivity index (χ4n) is 2.18. The lowest BCUT2D eigenvalue weighted by Crippen LogP contribution is -2.49. The second-order valence-corrected chi connectivity index (χ2v) is 4.79. The molecule has 0 atom stereocenters. The molecule has 0 radical (unpaired) electrons. The Bertz CT molecular complexity index is 503. The van der Waals surface area contributed by atoms with Crippen molar-refractivity contribution in [3.63, 3.8) is 0 Å². The lowest BCUT2D eigenvalue weighted by molar-refractivity contribution is -0.384. The van der Waals surface area contributed by atoms with Crippen LogP contribution in [-0.2, 0) is 4.79 Å². The van der Waals surface area contributed by atoms with Crippen molar-refractivity contribution in [1.29, 1.82) is 0 Å². The van der Waals surface area contributed by atoms with Crippen molar-refractivity contribution in [2.45, 2.75) is 6.42 Å². The molecule has 108 valence electrons. The van der Waals surface area contributed by atoms with Gasteiger partial charge in [-0.05, 0) is 6.07 Å². The molecule has 0 N–H and O–H groups in total. The Labute approximate surface area is 121 Å². The summed E-state index contributed by atoms with van der Waals surface area (Å²) in [6, 6.07) is 2.98. The van der Waals surface area contributed by atoms with Crippen LogP contribution in [0, 0.1) is 10.1 Å². The summed E-state index contributed by atoms with van der Waals surface area (Å²) in [5.41, 5.74) is -0.00645. The number of amides is 1. The first-order chi connectivity index (χ1) is 9.63. The van der Waals surface area contributed by atoms with E-state index in [9.17, 15) is 14.9 Å². The highest BCUT2D eigenvalue weighted by atomic mass is 35.5. The Morgan fingerprint density at radius 2 is 2.10 bits per heavy atom. The van der Waals surface area contributed by atoms with Gasteiger partial charge < -0.3 is 9.80 Å². The number of nitrogens with zero attached hydrogens (tertiary/aromatic N) is 4. The number of carbonyl (C=O) groups excluding carboxylic acids is 1. The van der Waals surface area contributed by atoms with Gasteiger partial charge in [0, 0.05) is 50.7 Å². The molecule has 8 heteroatoms. The molecule has 1 aromatic heterocycles. The molecular weight excluding hydrogens is 284 g/mol. The summed E-state index contributed by atoms with van der Waals surface area (Å²) in [5, 5.41) is 11.0. The van der Waals surface area contributed by atoms with Crippen LogP contribution in [0.1, 0.15) is 6.42 Å². The van der Waals surface area contributed by atoms with E-state index in [1.54, 1.807) is 11.0 Å². The molecule has 2 heterocycles. The monoisotopic (exact) mass is 298 g/mol. The molecule has 0 aromatic carbocycles.